The standard InChI is InChI=1S/C13H14O3/c1-3-5-12(14)10-6-8-11(9-7-10)13(15)16-4-2/h1,6-9,12,14H,4-5H2,2H3/t12-/m1/s1. The highest BCUT2D eigenvalue weighted by atomic mass is 16.5. The smallest absolute Gasteiger partial charge is 0.338 e. The number of terminal acetylenes is 1. The maximum absolute atomic E-state index is 11.3. The Bertz CT molecular complexity index is 387. The maximum Gasteiger partial charge on any atom is 0.338 e. The third-order valence-electron chi connectivity index (χ3n) is 2.12. The summed E-state index contributed by atoms with van der Waals surface area (Å²) in [6.07, 6.45) is 4.68. The summed E-state index contributed by atoms with van der Waals surface area (Å²) in [6.45, 7) is 2.10. The quantitative estimate of drug-likeness (QED) is 0.620. The molecule has 0 fully saturated rings. The summed E-state index contributed by atoms with van der Waals surface area (Å²) in [5.41, 5.74) is 1.17. The number of aliphatic hydroxyl groups is 1. The fourth-order valence-corrected chi connectivity index (χ4v) is 1.29. The predicted molar refractivity (Wildman–Crippen MR) is 60.8 cm³/mol. The van der Waals surface area contributed by atoms with Crippen molar-refractivity contribution in [3.8, 4) is 12.3 Å². The summed E-state index contributed by atoms with van der Waals surface area (Å²) in [4.78, 5) is 11.3. The first kappa shape index (κ1) is 12.3. The molecule has 0 unspecified atom stereocenters. The molecule has 3 heteroatoms. The number of hydrogen-bond donors (Lipinski definition) is 1. The molecule has 3 nitrogen and oxygen atoms in total. The van der Waals surface area contributed by atoms with Crippen LogP contribution in [-0.4, -0.2) is 17.7 Å². The molecule has 0 aliphatic carbocycles. The van der Waals surface area contributed by atoms with Crippen LogP contribution in [0.5, 0.6) is 0 Å². The summed E-state index contributed by atoms with van der Waals surface area (Å²) in [5.74, 6) is 2.02. The minimum atomic E-state index is -0.679. The SMILES string of the molecule is C#CC[C@@H](O)c1ccc(C(=O)OCC)cc1. The number of aliphatic hydroxyl groups excluding tert-OH is 1. The van der Waals surface area contributed by atoms with Crippen LogP contribution < -0.4 is 0 Å². The van der Waals surface area contributed by atoms with Crippen molar-refractivity contribution in [2.45, 2.75) is 19.4 Å². The fourth-order valence-electron chi connectivity index (χ4n) is 1.29. The van der Waals surface area contributed by atoms with E-state index in [1.165, 1.54) is 0 Å². The van der Waals surface area contributed by atoms with Crippen LogP contribution >= 0.6 is 0 Å². The molecule has 84 valence electrons. The van der Waals surface area contributed by atoms with Crippen LogP contribution in [0.25, 0.3) is 0 Å². The summed E-state index contributed by atoms with van der Waals surface area (Å²) in [7, 11) is 0. The van der Waals surface area contributed by atoms with E-state index in [0.29, 0.717) is 17.7 Å². The lowest BCUT2D eigenvalue weighted by atomic mass is 10.1. The predicted octanol–water partition coefficient (Wildman–Crippen LogP) is 1.92. The summed E-state index contributed by atoms with van der Waals surface area (Å²) in [6, 6.07) is 6.59. The minimum absolute atomic E-state index is 0.263. The third-order valence-corrected chi connectivity index (χ3v) is 2.12. The van der Waals surface area contributed by atoms with Gasteiger partial charge in [0.2, 0.25) is 0 Å². The number of carbonyl (C=O) groups is 1. The molecule has 0 radical (unpaired) electrons. The van der Waals surface area contributed by atoms with Crippen LogP contribution in [0.4, 0.5) is 0 Å². The van der Waals surface area contributed by atoms with Crippen LogP contribution in [0.2, 0.25) is 0 Å². The van der Waals surface area contributed by atoms with Crippen LogP contribution in [-0.2, 0) is 4.74 Å². The second-order valence-electron chi connectivity index (χ2n) is 3.27. The second-order valence-corrected chi connectivity index (χ2v) is 3.27. The Labute approximate surface area is 95.1 Å². The van der Waals surface area contributed by atoms with Gasteiger partial charge in [0.05, 0.1) is 18.3 Å². The zero-order valence-corrected chi connectivity index (χ0v) is 9.14. The van der Waals surface area contributed by atoms with E-state index in [2.05, 4.69) is 5.92 Å². The molecule has 0 amide bonds. The van der Waals surface area contributed by atoms with Gasteiger partial charge in [-0.05, 0) is 24.6 Å². The van der Waals surface area contributed by atoms with Crippen molar-refractivity contribution >= 4 is 5.97 Å². The fraction of sp³-hybridized carbons (Fsp3) is 0.308. The molecular weight excluding hydrogens is 204 g/mol. The Kier molecular flexibility index (Phi) is 4.56. The highest BCUT2D eigenvalue weighted by Gasteiger charge is 2.09. The van der Waals surface area contributed by atoms with Gasteiger partial charge in [-0.2, -0.15) is 0 Å². The van der Waals surface area contributed by atoms with E-state index < -0.39 is 6.10 Å². The Morgan fingerprint density at radius 3 is 2.62 bits per heavy atom. The molecule has 1 aromatic rings. The summed E-state index contributed by atoms with van der Waals surface area (Å²) < 4.78 is 4.84. The monoisotopic (exact) mass is 218 g/mol. The molecule has 0 heterocycles. The average molecular weight is 218 g/mol. The molecule has 1 N–H and O–H groups in total. The molecule has 0 aliphatic heterocycles. The van der Waals surface area contributed by atoms with Crippen LogP contribution in [0.3, 0.4) is 0 Å². The number of carbonyl (C=O) groups excluding carboxylic acids is 1. The van der Waals surface area contributed by atoms with Crippen molar-refractivity contribution in [3.05, 3.63) is 35.4 Å². The Morgan fingerprint density at radius 2 is 2.12 bits per heavy atom. The molecule has 16 heavy (non-hydrogen) atoms. The van der Waals surface area contributed by atoms with Crippen molar-refractivity contribution in [2.75, 3.05) is 6.61 Å². The van der Waals surface area contributed by atoms with Gasteiger partial charge < -0.3 is 9.84 Å². The van der Waals surface area contributed by atoms with Crippen LogP contribution in [0.1, 0.15) is 35.4 Å². The van der Waals surface area contributed by atoms with Crippen molar-refractivity contribution in [2.24, 2.45) is 0 Å². The van der Waals surface area contributed by atoms with E-state index in [1.54, 1.807) is 31.2 Å². The number of ether oxygens (including phenoxy) is 1. The molecule has 0 saturated heterocycles. The normalized spacial score (nSPS) is 11.6. The first-order chi connectivity index (χ1) is 7.69. The number of esters is 1. The van der Waals surface area contributed by atoms with Gasteiger partial charge in [-0.3, -0.25) is 0 Å². The van der Waals surface area contributed by atoms with Gasteiger partial charge in [-0.15, -0.1) is 12.3 Å². The van der Waals surface area contributed by atoms with E-state index in [4.69, 9.17) is 11.2 Å². The first-order valence-electron chi connectivity index (χ1n) is 5.07. The Hall–Kier alpha value is -1.79. The molecular formula is C13H14O3. The maximum atomic E-state index is 11.3. The van der Waals surface area contributed by atoms with E-state index in [-0.39, 0.29) is 12.4 Å². The van der Waals surface area contributed by atoms with Gasteiger partial charge in [-0.25, -0.2) is 4.79 Å². The molecule has 0 aliphatic rings. The van der Waals surface area contributed by atoms with Gasteiger partial charge in [0.1, 0.15) is 0 Å². The van der Waals surface area contributed by atoms with Crippen molar-refractivity contribution in [1.29, 1.82) is 0 Å². The third kappa shape index (κ3) is 3.11. The molecule has 1 aromatic carbocycles. The number of rotatable bonds is 4. The van der Waals surface area contributed by atoms with E-state index in [1.807, 2.05) is 0 Å². The zero-order valence-electron chi connectivity index (χ0n) is 9.14. The lowest BCUT2D eigenvalue weighted by molar-refractivity contribution is 0.0526. The highest BCUT2D eigenvalue weighted by molar-refractivity contribution is 5.89. The molecule has 1 atom stereocenters. The summed E-state index contributed by atoms with van der Waals surface area (Å²) in [5, 5.41) is 9.59. The second kappa shape index (κ2) is 5.94. The summed E-state index contributed by atoms with van der Waals surface area (Å²) >= 11 is 0. The van der Waals surface area contributed by atoms with E-state index >= 15 is 0 Å². The lowest BCUT2D eigenvalue weighted by Crippen LogP contribution is -2.05. The van der Waals surface area contributed by atoms with Crippen LogP contribution in [0.15, 0.2) is 24.3 Å². The van der Waals surface area contributed by atoms with Gasteiger partial charge in [-0.1, -0.05) is 12.1 Å². The highest BCUT2D eigenvalue weighted by Crippen LogP contribution is 2.16. The minimum Gasteiger partial charge on any atom is -0.462 e. The van der Waals surface area contributed by atoms with Gasteiger partial charge in [0.25, 0.3) is 0 Å². The molecule has 0 saturated carbocycles. The van der Waals surface area contributed by atoms with Gasteiger partial charge in [0, 0.05) is 6.42 Å². The van der Waals surface area contributed by atoms with Crippen molar-refractivity contribution in [1.82, 2.24) is 0 Å². The molecule has 0 aromatic heterocycles. The van der Waals surface area contributed by atoms with Crippen LogP contribution in [0, 0.1) is 12.3 Å². The number of hydrogen-bond acceptors (Lipinski definition) is 3. The lowest BCUT2D eigenvalue weighted by Gasteiger charge is -2.08. The topological polar surface area (TPSA) is 46.5 Å². The molecule has 1 rings (SSSR count). The van der Waals surface area contributed by atoms with E-state index in [9.17, 15) is 9.90 Å². The van der Waals surface area contributed by atoms with Gasteiger partial charge >= 0.3 is 5.97 Å². The average Bonchev–Trinajstić information content (AvgIpc) is 2.30. The van der Waals surface area contributed by atoms with Crippen molar-refractivity contribution in [3.63, 3.8) is 0 Å². The largest absolute Gasteiger partial charge is 0.462 e. The number of benzene rings is 1. The first-order valence-corrected chi connectivity index (χ1v) is 5.07. The Balaban J connectivity index is 2.75. The van der Waals surface area contributed by atoms with E-state index in [0.717, 1.165) is 0 Å². The molecule has 0 bridgehead atoms. The Morgan fingerprint density at radius 1 is 1.50 bits per heavy atom. The van der Waals surface area contributed by atoms with Crippen molar-refractivity contribution < 1.29 is 14.6 Å². The molecule has 0 spiro atoms. The zero-order chi connectivity index (χ0) is 12.0. The van der Waals surface area contributed by atoms with Gasteiger partial charge in [0.15, 0.2) is 0 Å².